The lowest BCUT2D eigenvalue weighted by molar-refractivity contribution is -0.118. The second-order valence-corrected chi connectivity index (χ2v) is 5.83. The zero-order chi connectivity index (χ0) is 14.1. The predicted octanol–water partition coefficient (Wildman–Crippen LogP) is 2.63. The first kappa shape index (κ1) is 13.1. The number of nitrogens with one attached hydrogen (secondary N) is 1. The summed E-state index contributed by atoms with van der Waals surface area (Å²) in [4.78, 5) is 15.4. The van der Waals surface area contributed by atoms with Crippen LogP contribution in [-0.4, -0.2) is 26.5 Å². The minimum absolute atomic E-state index is 0.0776. The molecule has 1 N–H and O–H groups in total. The van der Waals surface area contributed by atoms with Crippen LogP contribution in [-0.2, 0) is 4.79 Å². The van der Waals surface area contributed by atoms with E-state index in [9.17, 15) is 4.79 Å². The van der Waals surface area contributed by atoms with Gasteiger partial charge in [0.15, 0.2) is 5.17 Å². The maximum Gasteiger partial charge on any atom is 0.345 e. The highest BCUT2D eigenvalue weighted by Crippen LogP contribution is 2.25. The number of nitrogens with zero attached hydrogens (tertiary/aromatic N) is 3. The van der Waals surface area contributed by atoms with Crippen molar-refractivity contribution in [3.05, 3.63) is 29.3 Å². The molecule has 0 spiro atoms. The quantitative estimate of drug-likeness (QED) is 0.922. The van der Waals surface area contributed by atoms with Crippen molar-refractivity contribution in [1.82, 2.24) is 15.5 Å². The van der Waals surface area contributed by atoms with Crippen molar-refractivity contribution in [3.63, 3.8) is 0 Å². The summed E-state index contributed by atoms with van der Waals surface area (Å²) in [5.74, 6) is 0.273. The van der Waals surface area contributed by atoms with E-state index < -0.39 is 0 Å². The summed E-state index contributed by atoms with van der Waals surface area (Å²) in [6, 6.07) is 7.14. The second-order valence-electron chi connectivity index (χ2n) is 4.06. The van der Waals surface area contributed by atoms with E-state index in [2.05, 4.69) is 20.5 Å². The number of benzene rings is 1. The van der Waals surface area contributed by atoms with Gasteiger partial charge in [-0.3, -0.25) is 4.79 Å². The summed E-state index contributed by atoms with van der Waals surface area (Å²) in [5, 5.41) is 11.3. The van der Waals surface area contributed by atoms with Gasteiger partial charge in [-0.1, -0.05) is 28.5 Å². The summed E-state index contributed by atoms with van der Waals surface area (Å²) in [6.07, 6.45) is 0. The number of carbonyl (C=O) groups excluding carboxylic acids is 1. The standard InChI is InChI=1S/C12H9ClN4O2S/c1-6-9(18)14-12(20-6)15-11-17-16-10(19-11)7-2-4-8(13)5-3-7/h2-6H,1H3,(H,14,15,17,18). The van der Waals surface area contributed by atoms with E-state index in [4.69, 9.17) is 16.0 Å². The molecule has 2 heterocycles. The summed E-state index contributed by atoms with van der Waals surface area (Å²) < 4.78 is 5.42. The topological polar surface area (TPSA) is 80.4 Å². The van der Waals surface area contributed by atoms with Gasteiger partial charge < -0.3 is 9.73 Å². The Kier molecular flexibility index (Phi) is 3.45. The number of rotatable bonds is 2. The van der Waals surface area contributed by atoms with Crippen LogP contribution in [0.2, 0.25) is 5.02 Å². The highest BCUT2D eigenvalue weighted by molar-refractivity contribution is 8.15. The van der Waals surface area contributed by atoms with Gasteiger partial charge >= 0.3 is 6.01 Å². The molecule has 1 aromatic carbocycles. The molecule has 1 amide bonds. The summed E-state index contributed by atoms with van der Waals surface area (Å²) >= 11 is 7.13. The Balaban J connectivity index is 1.82. The number of thioether (sulfide) groups is 1. The molecule has 1 aliphatic rings. The third-order valence-electron chi connectivity index (χ3n) is 2.59. The number of aliphatic imine (C=N–C) groups is 1. The largest absolute Gasteiger partial charge is 0.402 e. The van der Waals surface area contributed by atoms with Gasteiger partial charge in [0.05, 0.1) is 5.25 Å². The molecule has 1 atom stereocenters. The van der Waals surface area contributed by atoms with Crippen LogP contribution in [0.5, 0.6) is 0 Å². The Morgan fingerprint density at radius 1 is 1.35 bits per heavy atom. The van der Waals surface area contributed by atoms with Crippen molar-refractivity contribution in [2.45, 2.75) is 12.2 Å². The van der Waals surface area contributed by atoms with E-state index in [1.807, 2.05) is 0 Å². The van der Waals surface area contributed by atoms with E-state index in [1.165, 1.54) is 11.8 Å². The SMILES string of the molecule is CC1SC(=Nc2nnc(-c3ccc(Cl)cc3)o2)NC1=O. The lowest BCUT2D eigenvalue weighted by Crippen LogP contribution is -2.23. The Hall–Kier alpha value is -1.86. The number of amidine groups is 1. The second kappa shape index (κ2) is 5.26. The average molecular weight is 309 g/mol. The molecule has 1 aliphatic heterocycles. The molecule has 0 aliphatic carbocycles. The highest BCUT2D eigenvalue weighted by Gasteiger charge is 2.26. The first-order chi connectivity index (χ1) is 9.61. The van der Waals surface area contributed by atoms with E-state index >= 15 is 0 Å². The van der Waals surface area contributed by atoms with Crippen molar-refractivity contribution in [1.29, 1.82) is 0 Å². The number of carbonyl (C=O) groups is 1. The van der Waals surface area contributed by atoms with Gasteiger partial charge in [-0.25, -0.2) is 0 Å². The Morgan fingerprint density at radius 3 is 2.75 bits per heavy atom. The number of aromatic nitrogens is 2. The molecule has 2 aromatic rings. The molecule has 20 heavy (non-hydrogen) atoms. The molecule has 1 aromatic heterocycles. The third-order valence-corrected chi connectivity index (χ3v) is 3.83. The maximum absolute atomic E-state index is 11.3. The normalized spacial score (nSPS) is 20.4. The predicted molar refractivity (Wildman–Crippen MR) is 77.0 cm³/mol. The molecule has 3 rings (SSSR count). The fraction of sp³-hybridized carbons (Fsp3) is 0.167. The van der Waals surface area contributed by atoms with E-state index in [-0.39, 0.29) is 17.2 Å². The minimum Gasteiger partial charge on any atom is -0.402 e. The molecule has 102 valence electrons. The van der Waals surface area contributed by atoms with Gasteiger partial charge in [-0.05, 0) is 31.2 Å². The number of halogens is 1. The zero-order valence-electron chi connectivity index (χ0n) is 10.3. The van der Waals surface area contributed by atoms with Crippen molar-refractivity contribution in [2.75, 3.05) is 0 Å². The van der Waals surface area contributed by atoms with Crippen molar-refractivity contribution in [3.8, 4) is 11.5 Å². The molecule has 1 unspecified atom stereocenters. The lowest BCUT2D eigenvalue weighted by atomic mass is 10.2. The van der Waals surface area contributed by atoms with E-state index in [0.717, 1.165) is 5.56 Å². The maximum atomic E-state index is 11.3. The molecular formula is C12H9ClN4O2S. The molecule has 0 radical (unpaired) electrons. The van der Waals surface area contributed by atoms with Crippen LogP contribution in [0.1, 0.15) is 6.92 Å². The van der Waals surface area contributed by atoms with Gasteiger partial charge in [0, 0.05) is 10.6 Å². The van der Waals surface area contributed by atoms with Gasteiger partial charge in [-0.2, -0.15) is 4.99 Å². The molecule has 1 fully saturated rings. The van der Waals surface area contributed by atoms with Crippen LogP contribution in [0.4, 0.5) is 6.01 Å². The number of hydrogen-bond acceptors (Lipinski definition) is 6. The zero-order valence-corrected chi connectivity index (χ0v) is 11.9. The number of amides is 1. The van der Waals surface area contributed by atoms with Crippen LogP contribution in [0.15, 0.2) is 33.7 Å². The van der Waals surface area contributed by atoms with Gasteiger partial charge in [-0.15, -0.1) is 5.10 Å². The first-order valence-electron chi connectivity index (χ1n) is 5.77. The summed E-state index contributed by atoms with van der Waals surface area (Å²) in [6.45, 7) is 1.80. The highest BCUT2D eigenvalue weighted by atomic mass is 35.5. The molecule has 0 bridgehead atoms. The van der Waals surface area contributed by atoms with Crippen LogP contribution in [0, 0.1) is 0 Å². The Morgan fingerprint density at radius 2 is 2.10 bits per heavy atom. The Labute approximate surface area is 123 Å². The van der Waals surface area contributed by atoms with Gasteiger partial charge in [0.1, 0.15) is 0 Å². The van der Waals surface area contributed by atoms with Crippen molar-refractivity contribution < 1.29 is 9.21 Å². The van der Waals surface area contributed by atoms with Crippen molar-refractivity contribution >= 4 is 40.5 Å². The smallest absolute Gasteiger partial charge is 0.345 e. The fourth-order valence-electron chi connectivity index (χ4n) is 1.57. The van der Waals surface area contributed by atoms with Crippen LogP contribution >= 0.6 is 23.4 Å². The van der Waals surface area contributed by atoms with Gasteiger partial charge in [0.2, 0.25) is 11.8 Å². The van der Waals surface area contributed by atoms with E-state index in [1.54, 1.807) is 31.2 Å². The fourth-order valence-corrected chi connectivity index (χ4v) is 2.49. The van der Waals surface area contributed by atoms with Crippen molar-refractivity contribution in [2.24, 2.45) is 4.99 Å². The average Bonchev–Trinajstić information content (AvgIpc) is 2.99. The Bertz CT molecular complexity index is 683. The summed E-state index contributed by atoms with van der Waals surface area (Å²) in [5.41, 5.74) is 0.754. The molecule has 1 saturated heterocycles. The molecule has 8 heteroatoms. The summed E-state index contributed by atoms with van der Waals surface area (Å²) in [7, 11) is 0. The molecule has 0 saturated carbocycles. The lowest BCUT2D eigenvalue weighted by Gasteiger charge is -1.94. The third kappa shape index (κ3) is 2.68. The van der Waals surface area contributed by atoms with Crippen LogP contribution in [0.3, 0.4) is 0 Å². The van der Waals surface area contributed by atoms with Gasteiger partial charge in [0.25, 0.3) is 0 Å². The minimum atomic E-state index is -0.160. The van der Waals surface area contributed by atoms with E-state index in [0.29, 0.717) is 16.1 Å². The monoisotopic (exact) mass is 308 g/mol. The van der Waals surface area contributed by atoms with Crippen LogP contribution < -0.4 is 5.32 Å². The molecular weight excluding hydrogens is 300 g/mol. The van der Waals surface area contributed by atoms with Crippen LogP contribution in [0.25, 0.3) is 11.5 Å². The first-order valence-corrected chi connectivity index (χ1v) is 7.03. The molecule has 6 nitrogen and oxygen atoms in total. The number of hydrogen-bond donors (Lipinski definition) is 1.